The fourth-order valence-electron chi connectivity index (χ4n) is 2.14. The van der Waals surface area contributed by atoms with E-state index in [4.69, 9.17) is 0 Å². The molecule has 0 spiro atoms. The summed E-state index contributed by atoms with van der Waals surface area (Å²) >= 11 is 0. The number of amides is 1. The quantitative estimate of drug-likeness (QED) is 0.902. The lowest BCUT2D eigenvalue weighted by atomic mass is 10.1. The molecule has 0 saturated carbocycles. The summed E-state index contributed by atoms with van der Waals surface area (Å²) < 4.78 is 25.2. The van der Waals surface area contributed by atoms with Crippen LogP contribution in [-0.4, -0.2) is 20.6 Å². The normalized spacial score (nSPS) is 11.1. The standard InChI is InChI=1S/C17H20N2O3S/c1-11-5-6-12(2)15(9-11)18-17(20)14-8-7-13(3)16(10-14)19-23(4,21)22/h5-10,19H,1-4H3,(H,18,20). The maximum Gasteiger partial charge on any atom is 0.255 e. The Kier molecular flexibility index (Phi) is 4.75. The minimum atomic E-state index is -3.40. The molecule has 2 aromatic rings. The molecule has 0 aliphatic rings. The SMILES string of the molecule is Cc1ccc(C)c(NC(=O)c2ccc(C)c(NS(C)(=O)=O)c2)c1. The van der Waals surface area contributed by atoms with Crippen molar-refractivity contribution >= 4 is 27.3 Å². The zero-order valence-corrected chi connectivity index (χ0v) is 14.4. The van der Waals surface area contributed by atoms with E-state index in [1.54, 1.807) is 19.1 Å². The predicted molar refractivity (Wildman–Crippen MR) is 93.5 cm³/mol. The van der Waals surface area contributed by atoms with Gasteiger partial charge in [-0.05, 0) is 55.7 Å². The summed E-state index contributed by atoms with van der Waals surface area (Å²) in [7, 11) is -3.40. The van der Waals surface area contributed by atoms with E-state index in [0.717, 1.165) is 28.6 Å². The highest BCUT2D eigenvalue weighted by Gasteiger charge is 2.12. The van der Waals surface area contributed by atoms with Crippen LogP contribution in [0, 0.1) is 20.8 Å². The Labute approximate surface area is 136 Å². The Balaban J connectivity index is 2.29. The van der Waals surface area contributed by atoms with E-state index >= 15 is 0 Å². The van der Waals surface area contributed by atoms with Gasteiger partial charge in [-0.25, -0.2) is 8.42 Å². The summed E-state index contributed by atoms with van der Waals surface area (Å²) in [6.07, 6.45) is 1.08. The lowest BCUT2D eigenvalue weighted by Gasteiger charge is -2.12. The number of hydrogen-bond acceptors (Lipinski definition) is 3. The predicted octanol–water partition coefficient (Wildman–Crippen LogP) is 3.24. The maximum atomic E-state index is 12.4. The van der Waals surface area contributed by atoms with Crippen molar-refractivity contribution in [2.24, 2.45) is 0 Å². The highest BCUT2D eigenvalue weighted by atomic mass is 32.2. The number of anilines is 2. The number of sulfonamides is 1. The number of rotatable bonds is 4. The van der Waals surface area contributed by atoms with Crippen molar-refractivity contribution in [2.45, 2.75) is 20.8 Å². The van der Waals surface area contributed by atoms with E-state index in [0.29, 0.717) is 11.3 Å². The van der Waals surface area contributed by atoms with Gasteiger partial charge in [-0.2, -0.15) is 0 Å². The number of benzene rings is 2. The van der Waals surface area contributed by atoms with Gasteiger partial charge in [-0.15, -0.1) is 0 Å². The number of hydrogen-bond donors (Lipinski definition) is 2. The molecule has 0 aliphatic heterocycles. The van der Waals surface area contributed by atoms with Gasteiger partial charge in [-0.3, -0.25) is 9.52 Å². The van der Waals surface area contributed by atoms with Crippen molar-refractivity contribution in [3.05, 3.63) is 58.7 Å². The van der Waals surface area contributed by atoms with Crippen molar-refractivity contribution in [2.75, 3.05) is 16.3 Å². The Morgan fingerprint density at radius 3 is 2.17 bits per heavy atom. The second-order valence-corrected chi connectivity index (χ2v) is 7.42. The molecule has 0 atom stereocenters. The van der Waals surface area contributed by atoms with Gasteiger partial charge in [0.15, 0.2) is 0 Å². The fraction of sp³-hybridized carbons (Fsp3) is 0.235. The van der Waals surface area contributed by atoms with Crippen LogP contribution in [0.25, 0.3) is 0 Å². The summed E-state index contributed by atoms with van der Waals surface area (Å²) in [6, 6.07) is 10.7. The van der Waals surface area contributed by atoms with E-state index in [2.05, 4.69) is 10.0 Å². The van der Waals surface area contributed by atoms with Crippen molar-refractivity contribution in [1.29, 1.82) is 0 Å². The maximum absolute atomic E-state index is 12.4. The molecule has 0 aliphatic carbocycles. The van der Waals surface area contributed by atoms with Crippen LogP contribution in [0.3, 0.4) is 0 Å². The summed E-state index contributed by atoms with van der Waals surface area (Å²) in [5.41, 5.74) is 4.30. The van der Waals surface area contributed by atoms with Gasteiger partial charge in [0.1, 0.15) is 0 Å². The van der Waals surface area contributed by atoms with E-state index in [1.807, 2.05) is 32.0 Å². The molecule has 0 aromatic heterocycles. The first kappa shape index (κ1) is 17.0. The van der Waals surface area contributed by atoms with Crippen LogP contribution in [0.15, 0.2) is 36.4 Å². The Bertz CT molecular complexity index is 858. The van der Waals surface area contributed by atoms with Crippen LogP contribution >= 0.6 is 0 Å². The van der Waals surface area contributed by atoms with Gasteiger partial charge in [0.2, 0.25) is 10.0 Å². The second kappa shape index (κ2) is 6.42. The van der Waals surface area contributed by atoms with E-state index in [-0.39, 0.29) is 5.91 Å². The van der Waals surface area contributed by atoms with Crippen LogP contribution in [0.2, 0.25) is 0 Å². The molecule has 0 radical (unpaired) electrons. The summed E-state index contributed by atoms with van der Waals surface area (Å²) in [5, 5.41) is 2.86. The van der Waals surface area contributed by atoms with Gasteiger partial charge < -0.3 is 5.32 Å². The van der Waals surface area contributed by atoms with E-state index in [9.17, 15) is 13.2 Å². The molecular formula is C17H20N2O3S. The zero-order chi connectivity index (χ0) is 17.2. The first-order valence-corrected chi connectivity index (χ1v) is 9.02. The molecule has 2 N–H and O–H groups in total. The molecule has 23 heavy (non-hydrogen) atoms. The summed E-state index contributed by atoms with van der Waals surface area (Å²) in [6.45, 7) is 5.65. The van der Waals surface area contributed by atoms with Gasteiger partial charge >= 0.3 is 0 Å². The molecule has 0 heterocycles. The van der Waals surface area contributed by atoms with Gasteiger partial charge in [0.25, 0.3) is 5.91 Å². The van der Waals surface area contributed by atoms with Crippen molar-refractivity contribution < 1.29 is 13.2 Å². The molecule has 6 heteroatoms. The largest absolute Gasteiger partial charge is 0.322 e. The van der Waals surface area contributed by atoms with Gasteiger partial charge in [0, 0.05) is 11.3 Å². The molecule has 2 aromatic carbocycles. The van der Waals surface area contributed by atoms with Crippen molar-refractivity contribution in [1.82, 2.24) is 0 Å². The minimum Gasteiger partial charge on any atom is -0.322 e. The van der Waals surface area contributed by atoms with Crippen LogP contribution in [0.1, 0.15) is 27.0 Å². The molecule has 0 bridgehead atoms. The van der Waals surface area contributed by atoms with Crippen LogP contribution in [-0.2, 0) is 10.0 Å². The van der Waals surface area contributed by atoms with Crippen molar-refractivity contribution in [3.8, 4) is 0 Å². The third kappa shape index (κ3) is 4.56. The average molecular weight is 332 g/mol. The molecule has 0 fully saturated rings. The Morgan fingerprint density at radius 2 is 1.52 bits per heavy atom. The lowest BCUT2D eigenvalue weighted by Crippen LogP contribution is -2.15. The Morgan fingerprint density at radius 1 is 0.913 bits per heavy atom. The van der Waals surface area contributed by atoms with Crippen LogP contribution in [0.5, 0.6) is 0 Å². The average Bonchev–Trinajstić information content (AvgIpc) is 2.43. The molecular weight excluding hydrogens is 312 g/mol. The zero-order valence-electron chi connectivity index (χ0n) is 13.6. The first-order valence-electron chi connectivity index (χ1n) is 7.13. The third-order valence-electron chi connectivity index (χ3n) is 3.44. The first-order chi connectivity index (χ1) is 10.7. The number of carbonyl (C=O) groups is 1. The summed E-state index contributed by atoms with van der Waals surface area (Å²) in [4.78, 5) is 12.4. The number of aryl methyl sites for hydroxylation is 3. The third-order valence-corrected chi connectivity index (χ3v) is 4.03. The molecule has 1 amide bonds. The fourth-order valence-corrected chi connectivity index (χ4v) is 2.76. The van der Waals surface area contributed by atoms with Crippen molar-refractivity contribution in [3.63, 3.8) is 0 Å². The van der Waals surface area contributed by atoms with E-state index in [1.165, 1.54) is 6.07 Å². The molecule has 2 rings (SSSR count). The molecule has 0 saturated heterocycles. The highest BCUT2D eigenvalue weighted by Crippen LogP contribution is 2.21. The monoisotopic (exact) mass is 332 g/mol. The smallest absolute Gasteiger partial charge is 0.255 e. The summed E-state index contributed by atoms with van der Waals surface area (Å²) in [5.74, 6) is -0.282. The highest BCUT2D eigenvalue weighted by molar-refractivity contribution is 7.92. The van der Waals surface area contributed by atoms with Crippen LogP contribution in [0.4, 0.5) is 11.4 Å². The number of carbonyl (C=O) groups excluding carboxylic acids is 1. The van der Waals surface area contributed by atoms with E-state index < -0.39 is 10.0 Å². The molecule has 5 nitrogen and oxygen atoms in total. The minimum absolute atomic E-state index is 0.282. The van der Waals surface area contributed by atoms with Gasteiger partial charge in [-0.1, -0.05) is 18.2 Å². The topological polar surface area (TPSA) is 75.3 Å². The number of nitrogens with one attached hydrogen (secondary N) is 2. The molecule has 0 unspecified atom stereocenters. The van der Waals surface area contributed by atoms with Crippen LogP contribution < -0.4 is 10.0 Å². The Hall–Kier alpha value is -2.34. The van der Waals surface area contributed by atoms with Gasteiger partial charge in [0.05, 0.1) is 11.9 Å². The second-order valence-electron chi connectivity index (χ2n) is 5.68. The molecule has 122 valence electrons. The lowest BCUT2D eigenvalue weighted by molar-refractivity contribution is 0.102.